The fraction of sp³-hybridized carbons (Fsp3) is 0.381. The maximum Gasteiger partial charge on any atom is 0.227 e. The minimum absolute atomic E-state index is 0.0396. The van der Waals surface area contributed by atoms with Crippen molar-refractivity contribution in [3.05, 3.63) is 59.7 Å². The summed E-state index contributed by atoms with van der Waals surface area (Å²) in [4.78, 5) is 12.4. The van der Waals surface area contributed by atoms with Crippen LogP contribution in [-0.2, 0) is 17.8 Å². The van der Waals surface area contributed by atoms with Crippen molar-refractivity contribution in [2.45, 2.75) is 32.7 Å². The van der Waals surface area contributed by atoms with Gasteiger partial charge in [-0.15, -0.1) is 0 Å². The zero-order valence-corrected chi connectivity index (χ0v) is 14.7. The van der Waals surface area contributed by atoms with E-state index in [1.54, 1.807) is 0 Å². The molecule has 0 aliphatic carbocycles. The molecule has 0 fully saturated rings. The van der Waals surface area contributed by atoms with Gasteiger partial charge in [-0.05, 0) is 42.2 Å². The van der Waals surface area contributed by atoms with Gasteiger partial charge in [0.25, 0.3) is 0 Å². The number of hydrogen-bond acceptors (Lipinski definition) is 3. The predicted molar refractivity (Wildman–Crippen MR) is 97.8 cm³/mol. The summed E-state index contributed by atoms with van der Waals surface area (Å²) in [7, 11) is 0. The van der Waals surface area contributed by atoms with Gasteiger partial charge in [-0.1, -0.05) is 43.7 Å². The number of carbonyl (C=O) groups excluding carboxylic acids is 1. The minimum atomic E-state index is -0.133. The quantitative estimate of drug-likeness (QED) is 0.782. The Morgan fingerprint density at radius 3 is 2.80 bits per heavy atom. The molecule has 0 aromatic heterocycles. The normalized spacial score (nSPS) is 15.8. The number of benzene rings is 2. The van der Waals surface area contributed by atoms with Crippen molar-refractivity contribution in [3.8, 4) is 11.5 Å². The van der Waals surface area contributed by atoms with Crippen LogP contribution in [0.15, 0.2) is 48.5 Å². The Balaban J connectivity index is 1.48. The van der Waals surface area contributed by atoms with Gasteiger partial charge in [-0.2, -0.15) is 0 Å². The van der Waals surface area contributed by atoms with Crippen LogP contribution in [-0.4, -0.2) is 19.1 Å². The van der Waals surface area contributed by atoms with Crippen molar-refractivity contribution in [1.82, 2.24) is 5.32 Å². The van der Waals surface area contributed by atoms with Crippen LogP contribution in [0.5, 0.6) is 11.5 Å². The molecular formula is C21H25NO3. The molecule has 1 atom stereocenters. The lowest BCUT2D eigenvalue weighted by Crippen LogP contribution is -2.37. The Morgan fingerprint density at radius 1 is 1.20 bits per heavy atom. The molecule has 0 saturated carbocycles. The molecule has 1 heterocycles. The van der Waals surface area contributed by atoms with Crippen molar-refractivity contribution < 1.29 is 14.3 Å². The number of carbonyl (C=O) groups is 1. The zero-order chi connectivity index (χ0) is 17.5. The standard InChI is InChI=1S/C21H25NO3/c1-2-3-12-24-19-10-8-16(9-11-19)14-22-21(23)18-13-17-6-4-5-7-20(17)25-15-18/h4-11,18H,2-3,12-15H2,1H3,(H,22,23). The second-order valence-corrected chi connectivity index (χ2v) is 6.38. The lowest BCUT2D eigenvalue weighted by molar-refractivity contribution is -0.126. The van der Waals surface area contributed by atoms with Gasteiger partial charge in [0.2, 0.25) is 5.91 Å². The third-order valence-electron chi connectivity index (χ3n) is 4.41. The Kier molecular flexibility index (Phi) is 5.94. The molecule has 0 saturated heterocycles. The van der Waals surface area contributed by atoms with E-state index in [0.29, 0.717) is 13.2 Å². The van der Waals surface area contributed by atoms with Crippen LogP contribution >= 0.6 is 0 Å². The van der Waals surface area contributed by atoms with Crippen molar-refractivity contribution in [2.24, 2.45) is 5.92 Å². The van der Waals surface area contributed by atoms with Gasteiger partial charge in [-0.25, -0.2) is 0 Å². The maximum absolute atomic E-state index is 12.4. The molecule has 132 valence electrons. The molecule has 0 spiro atoms. The highest BCUT2D eigenvalue weighted by atomic mass is 16.5. The fourth-order valence-corrected chi connectivity index (χ4v) is 2.87. The third-order valence-corrected chi connectivity index (χ3v) is 4.41. The van der Waals surface area contributed by atoms with Gasteiger partial charge in [-0.3, -0.25) is 4.79 Å². The summed E-state index contributed by atoms with van der Waals surface area (Å²) in [6.07, 6.45) is 2.91. The number of hydrogen-bond donors (Lipinski definition) is 1. The van der Waals surface area contributed by atoms with Crippen molar-refractivity contribution in [1.29, 1.82) is 0 Å². The first-order valence-corrected chi connectivity index (χ1v) is 8.96. The summed E-state index contributed by atoms with van der Waals surface area (Å²) in [5.41, 5.74) is 2.16. The first-order chi connectivity index (χ1) is 12.3. The van der Waals surface area contributed by atoms with Crippen LogP contribution in [0.4, 0.5) is 0 Å². The molecule has 25 heavy (non-hydrogen) atoms. The van der Waals surface area contributed by atoms with Crippen LogP contribution in [0, 0.1) is 5.92 Å². The minimum Gasteiger partial charge on any atom is -0.494 e. The van der Waals surface area contributed by atoms with E-state index in [1.807, 2.05) is 48.5 Å². The lowest BCUT2D eigenvalue weighted by Gasteiger charge is -2.24. The molecule has 1 aliphatic rings. The Bertz CT molecular complexity index is 697. The lowest BCUT2D eigenvalue weighted by atomic mass is 9.96. The topological polar surface area (TPSA) is 47.6 Å². The SMILES string of the molecule is CCCCOc1ccc(CNC(=O)C2COc3ccccc3C2)cc1. The van der Waals surface area contributed by atoms with Crippen LogP contribution in [0.2, 0.25) is 0 Å². The highest BCUT2D eigenvalue weighted by Gasteiger charge is 2.25. The average Bonchev–Trinajstić information content (AvgIpc) is 2.67. The first-order valence-electron chi connectivity index (χ1n) is 8.96. The van der Waals surface area contributed by atoms with E-state index in [-0.39, 0.29) is 11.8 Å². The predicted octanol–water partition coefficient (Wildman–Crippen LogP) is 3.73. The molecule has 4 nitrogen and oxygen atoms in total. The van der Waals surface area contributed by atoms with E-state index >= 15 is 0 Å². The van der Waals surface area contributed by atoms with Crippen molar-refractivity contribution in [2.75, 3.05) is 13.2 Å². The molecule has 1 unspecified atom stereocenters. The van der Waals surface area contributed by atoms with Crippen LogP contribution in [0.3, 0.4) is 0 Å². The number of nitrogens with one attached hydrogen (secondary N) is 1. The van der Waals surface area contributed by atoms with E-state index in [4.69, 9.17) is 9.47 Å². The maximum atomic E-state index is 12.4. The summed E-state index contributed by atoms with van der Waals surface area (Å²) in [5, 5.41) is 3.01. The molecule has 3 rings (SSSR count). The first kappa shape index (κ1) is 17.3. The Labute approximate surface area is 149 Å². The molecule has 4 heteroatoms. The molecular weight excluding hydrogens is 314 g/mol. The van der Waals surface area contributed by atoms with Gasteiger partial charge >= 0.3 is 0 Å². The summed E-state index contributed by atoms with van der Waals surface area (Å²) in [5.74, 6) is 1.68. The molecule has 1 aliphatic heterocycles. The zero-order valence-electron chi connectivity index (χ0n) is 14.7. The van der Waals surface area contributed by atoms with Crippen molar-refractivity contribution in [3.63, 3.8) is 0 Å². The van der Waals surface area contributed by atoms with Gasteiger partial charge in [0.1, 0.15) is 18.1 Å². The molecule has 0 radical (unpaired) electrons. The molecule has 2 aromatic carbocycles. The Hall–Kier alpha value is -2.49. The molecule has 1 amide bonds. The Morgan fingerprint density at radius 2 is 2.00 bits per heavy atom. The van der Waals surface area contributed by atoms with Gasteiger partial charge in [0.05, 0.1) is 12.5 Å². The fourth-order valence-electron chi connectivity index (χ4n) is 2.87. The van der Waals surface area contributed by atoms with E-state index in [9.17, 15) is 4.79 Å². The highest BCUT2D eigenvalue weighted by Crippen LogP contribution is 2.26. The van der Waals surface area contributed by atoms with Crippen LogP contribution in [0.25, 0.3) is 0 Å². The third kappa shape index (κ3) is 4.75. The highest BCUT2D eigenvalue weighted by molar-refractivity contribution is 5.79. The van der Waals surface area contributed by atoms with Crippen LogP contribution in [0.1, 0.15) is 30.9 Å². The second-order valence-electron chi connectivity index (χ2n) is 6.38. The van der Waals surface area contributed by atoms with Gasteiger partial charge < -0.3 is 14.8 Å². The number of para-hydroxylation sites is 1. The summed E-state index contributed by atoms with van der Waals surface area (Å²) in [6, 6.07) is 15.8. The molecule has 0 bridgehead atoms. The largest absolute Gasteiger partial charge is 0.494 e. The summed E-state index contributed by atoms with van der Waals surface area (Å²) in [6.45, 7) is 3.85. The number of amides is 1. The summed E-state index contributed by atoms with van der Waals surface area (Å²) < 4.78 is 11.3. The number of fused-ring (bicyclic) bond motifs is 1. The van der Waals surface area contributed by atoms with Gasteiger partial charge in [0.15, 0.2) is 0 Å². The van der Waals surface area contributed by atoms with Crippen LogP contribution < -0.4 is 14.8 Å². The van der Waals surface area contributed by atoms with E-state index in [0.717, 1.165) is 48.5 Å². The smallest absolute Gasteiger partial charge is 0.227 e. The van der Waals surface area contributed by atoms with E-state index in [2.05, 4.69) is 12.2 Å². The van der Waals surface area contributed by atoms with Crippen molar-refractivity contribution >= 4 is 5.91 Å². The monoisotopic (exact) mass is 339 g/mol. The number of rotatable bonds is 7. The summed E-state index contributed by atoms with van der Waals surface area (Å²) >= 11 is 0. The molecule has 1 N–H and O–H groups in total. The number of ether oxygens (including phenoxy) is 2. The second kappa shape index (κ2) is 8.56. The average molecular weight is 339 g/mol. The van der Waals surface area contributed by atoms with E-state index < -0.39 is 0 Å². The molecule has 2 aromatic rings. The number of unbranched alkanes of at least 4 members (excludes halogenated alkanes) is 1. The van der Waals surface area contributed by atoms with Gasteiger partial charge in [0, 0.05) is 6.54 Å². The van der Waals surface area contributed by atoms with E-state index in [1.165, 1.54) is 0 Å².